The second kappa shape index (κ2) is 5.83. The summed E-state index contributed by atoms with van der Waals surface area (Å²) in [7, 11) is 1.95. The van der Waals surface area contributed by atoms with Gasteiger partial charge in [0.1, 0.15) is 0 Å². The SMILES string of the molecule is CCCNCc1ccc(C)cc1-c1ccn(C)n1. The summed E-state index contributed by atoms with van der Waals surface area (Å²) in [6, 6.07) is 8.64. The Morgan fingerprint density at radius 2 is 2.11 bits per heavy atom. The van der Waals surface area contributed by atoms with E-state index >= 15 is 0 Å². The first kappa shape index (κ1) is 12.8. The Balaban J connectivity index is 2.29. The molecule has 0 atom stereocenters. The van der Waals surface area contributed by atoms with Gasteiger partial charge in [-0.05, 0) is 37.6 Å². The molecule has 0 spiro atoms. The first-order valence-electron chi connectivity index (χ1n) is 6.51. The number of nitrogens with zero attached hydrogens (tertiary/aromatic N) is 2. The van der Waals surface area contributed by atoms with Gasteiger partial charge in [0.25, 0.3) is 0 Å². The molecule has 0 amide bonds. The number of hydrogen-bond acceptors (Lipinski definition) is 2. The average Bonchev–Trinajstić information content (AvgIpc) is 2.78. The zero-order valence-corrected chi connectivity index (χ0v) is 11.4. The van der Waals surface area contributed by atoms with Crippen LogP contribution in [0.15, 0.2) is 30.5 Å². The number of benzene rings is 1. The molecule has 96 valence electrons. The highest BCUT2D eigenvalue weighted by molar-refractivity contribution is 5.64. The van der Waals surface area contributed by atoms with Crippen LogP contribution in [0.5, 0.6) is 0 Å². The number of hydrogen-bond donors (Lipinski definition) is 1. The third-order valence-corrected chi connectivity index (χ3v) is 3.00. The van der Waals surface area contributed by atoms with E-state index in [9.17, 15) is 0 Å². The van der Waals surface area contributed by atoms with Gasteiger partial charge in [0.2, 0.25) is 0 Å². The zero-order chi connectivity index (χ0) is 13.0. The standard InChI is InChI=1S/C15H21N3/c1-4-8-16-11-13-6-5-12(2)10-14(13)15-7-9-18(3)17-15/h5-7,9-10,16H,4,8,11H2,1-3H3. The van der Waals surface area contributed by atoms with Crippen molar-refractivity contribution in [3.63, 3.8) is 0 Å². The molecule has 1 aromatic heterocycles. The van der Waals surface area contributed by atoms with Crippen LogP contribution in [0.2, 0.25) is 0 Å². The molecule has 2 rings (SSSR count). The molecular formula is C15H21N3. The molecule has 0 aliphatic carbocycles. The van der Waals surface area contributed by atoms with Crippen molar-refractivity contribution >= 4 is 0 Å². The van der Waals surface area contributed by atoms with Gasteiger partial charge in [0.15, 0.2) is 0 Å². The van der Waals surface area contributed by atoms with Crippen LogP contribution in [0.3, 0.4) is 0 Å². The molecule has 0 aliphatic rings. The molecule has 2 aromatic rings. The van der Waals surface area contributed by atoms with Crippen molar-refractivity contribution in [3.8, 4) is 11.3 Å². The fourth-order valence-corrected chi connectivity index (χ4v) is 2.04. The Morgan fingerprint density at radius 1 is 1.28 bits per heavy atom. The quantitative estimate of drug-likeness (QED) is 0.818. The Morgan fingerprint density at radius 3 is 2.78 bits per heavy atom. The summed E-state index contributed by atoms with van der Waals surface area (Å²) in [5.41, 5.74) is 4.87. The van der Waals surface area contributed by atoms with Crippen molar-refractivity contribution in [3.05, 3.63) is 41.6 Å². The van der Waals surface area contributed by atoms with E-state index < -0.39 is 0 Å². The highest BCUT2D eigenvalue weighted by Crippen LogP contribution is 2.23. The molecule has 1 aromatic carbocycles. The van der Waals surface area contributed by atoms with Crippen molar-refractivity contribution in [2.75, 3.05) is 6.54 Å². The number of rotatable bonds is 5. The van der Waals surface area contributed by atoms with Gasteiger partial charge >= 0.3 is 0 Å². The van der Waals surface area contributed by atoms with E-state index in [1.54, 1.807) is 0 Å². The van der Waals surface area contributed by atoms with Crippen molar-refractivity contribution < 1.29 is 0 Å². The summed E-state index contributed by atoms with van der Waals surface area (Å²) in [5.74, 6) is 0. The fourth-order valence-electron chi connectivity index (χ4n) is 2.04. The number of nitrogens with one attached hydrogen (secondary N) is 1. The van der Waals surface area contributed by atoms with E-state index in [0.29, 0.717) is 0 Å². The maximum atomic E-state index is 4.50. The molecule has 0 aliphatic heterocycles. The highest BCUT2D eigenvalue weighted by atomic mass is 15.2. The van der Waals surface area contributed by atoms with E-state index in [1.807, 2.05) is 17.9 Å². The third kappa shape index (κ3) is 2.99. The van der Waals surface area contributed by atoms with Gasteiger partial charge in [-0.2, -0.15) is 5.10 Å². The topological polar surface area (TPSA) is 29.9 Å². The zero-order valence-electron chi connectivity index (χ0n) is 11.4. The van der Waals surface area contributed by atoms with Crippen LogP contribution in [0, 0.1) is 6.92 Å². The van der Waals surface area contributed by atoms with E-state index in [4.69, 9.17) is 0 Å². The lowest BCUT2D eigenvalue weighted by Crippen LogP contribution is -2.14. The second-order valence-electron chi connectivity index (χ2n) is 4.71. The summed E-state index contributed by atoms with van der Waals surface area (Å²) in [6.45, 7) is 6.26. The lowest BCUT2D eigenvalue weighted by atomic mass is 10.0. The first-order chi connectivity index (χ1) is 8.70. The van der Waals surface area contributed by atoms with Crippen molar-refractivity contribution in [1.29, 1.82) is 0 Å². The number of aromatic nitrogens is 2. The molecule has 0 saturated heterocycles. The van der Waals surface area contributed by atoms with Crippen molar-refractivity contribution in [2.45, 2.75) is 26.8 Å². The monoisotopic (exact) mass is 243 g/mol. The molecule has 3 nitrogen and oxygen atoms in total. The Bertz CT molecular complexity index is 514. The van der Waals surface area contributed by atoms with Gasteiger partial charge in [-0.1, -0.05) is 24.6 Å². The molecule has 0 unspecified atom stereocenters. The van der Waals surface area contributed by atoms with Gasteiger partial charge in [-0.25, -0.2) is 0 Å². The summed E-state index contributed by atoms with van der Waals surface area (Å²) in [5, 5.41) is 7.95. The van der Waals surface area contributed by atoms with Gasteiger partial charge in [0, 0.05) is 25.4 Å². The second-order valence-corrected chi connectivity index (χ2v) is 4.71. The molecule has 0 radical (unpaired) electrons. The molecule has 18 heavy (non-hydrogen) atoms. The molecule has 1 heterocycles. The summed E-state index contributed by atoms with van der Waals surface area (Å²) >= 11 is 0. The van der Waals surface area contributed by atoms with Gasteiger partial charge in [0.05, 0.1) is 5.69 Å². The lowest BCUT2D eigenvalue weighted by Gasteiger charge is -2.09. The first-order valence-corrected chi connectivity index (χ1v) is 6.51. The Hall–Kier alpha value is -1.61. The molecule has 0 bridgehead atoms. The average molecular weight is 243 g/mol. The predicted molar refractivity (Wildman–Crippen MR) is 75.4 cm³/mol. The maximum Gasteiger partial charge on any atom is 0.0926 e. The molecule has 0 fully saturated rings. The van der Waals surface area contributed by atoms with E-state index in [2.05, 4.69) is 48.5 Å². The maximum absolute atomic E-state index is 4.50. The minimum absolute atomic E-state index is 0.903. The summed E-state index contributed by atoms with van der Waals surface area (Å²) < 4.78 is 1.85. The number of aryl methyl sites for hydroxylation is 2. The minimum atomic E-state index is 0.903. The van der Waals surface area contributed by atoms with Crippen LogP contribution in [0.25, 0.3) is 11.3 Å². The molecule has 3 heteroatoms. The minimum Gasteiger partial charge on any atom is -0.313 e. The lowest BCUT2D eigenvalue weighted by molar-refractivity contribution is 0.675. The summed E-state index contributed by atoms with van der Waals surface area (Å²) in [4.78, 5) is 0. The van der Waals surface area contributed by atoms with Gasteiger partial charge in [-0.3, -0.25) is 4.68 Å². The van der Waals surface area contributed by atoms with Crippen LogP contribution in [0.1, 0.15) is 24.5 Å². The largest absolute Gasteiger partial charge is 0.313 e. The van der Waals surface area contributed by atoms with Gasteiger partial charge < -0.3 is 5.32 Å². The van der Waals surface area contributed by atoms with Crippen LogP contribution in [-0.4, -0.2) is 16.3 Å². The smallest absolute Gasteiger partial charge is 0.0926 e. The van der Waals surface area contributed by atoms with Crippen LogP contribution < -0.4 is 5.32 Å². The van der Waals surface area contributed by atoms with Crippen LogP contribution in [0.4, 0.5) is 0 Å². The van der Waals surface area contributed by atoms with Crippen LogP contribution in [-0.2, 0) is 13.6 Å². The molecule has 0 saturated carbocycles. The molecular weight excluding hydrogens is 222 g/mol. The molecule has 1 N–H and O–H groups in total. The normalized spacial score (nSPS) is 10.8. The van der Waals surface area contributed by atoms with Crippen molar-refractivity contribution in [1.82, 2.24) is 15.1 Å². The van der Waals surface area contributed by atoms with Crippen LogP contribution >= 0.6 is 0 Å². The van der Waals surface area contributed by atoms with E-state index in [-0.39, 0.29) is 0 Å². The predicted octanol–water partition coefficient (Wildman–Crippen LogP) is 2.90. The Labute approximate surface area is 109 Å². The third-order valence-electron chi connectivity index (χ3n) is 3.00. The van der Waals surface area contributed by atoms with E-state index in [1.165, 1.54) is 16.7 Å². The fraction of sp³-hybridized carbons (Fsp3) is 0.400. The van der Waals surface area contributed by atoms with E-state index in [0.717, 1.165) is 25.2 Å². The highest BCUT2D eigenvalue weighted by Gasteiger charge is 2.07. The van der Waals surface area contributed by atoms with Gasteiger partial charge in [-0.15, -0.1) is 0 Å². The summed E-state index contributed by atoms with van der Waals surface area (Å²) in [6.07, 6.45) is 3.14. The van der Waals surface area contributed by atoms with Crippen molar-refractivity contribution in [2.24, 2.45) is 7.05 Å². The Kier molecular flexibility index (Phi) is 4.15.